The van der Waals surface area contributed by atoms with Gasteiger partial charge in [0.25, 0.3) is 0 Å². The highest BCUT2D eigenvalue weighted by atomic mass is 32.2. The smallest absolute Gasteiger partial charge is 0.132 e. The first-order valence-electron chi connectivity index (χ1n) is 11.4. The van der Waals surface area contributed by atoms with Gasteiger partial charge in [-0.25, -0.2) is 8.78 Å². The number of hydrogen-bond acceptors (Lipinski definition) is 5. The molecule has 7 heteroatoms. The topological polar surface area (TPSA) is 35.9 Å². The summed E-state index contributed by atoms with van der Waals surface area (Å²) in [5.74, 6) is 0.868. The number of aliphatic hydroxyl groups excluding tert-OH is 1. The predicted molar refractivity (Wildman–Crippen MR) is 132 cm³/mol. The van der Waals surface area contributed by atoms with Crippen molar-refractivity contribution in [2.75, 3.05) is 45.6 Å². The van der Waals surface area contributed by atoms with Gasteiger partial charge >= 0.3 is 0 Å². The van der Waals surface area contributed by atoms with Crippen LogP contribution in [0.4, 0.5) is 8.78 Å². The number of nitrogens with zero attached hydrogens (tertiary/aromatic N) is 2. The third-order valence-corrected chi connectivity index (χ3v) is 7.31. The Morgan fingerprint density at radius 3 is 1.97 bits per heavy atom. The molecule has 180 valence electrons. The summed E-state index contributed by atoms with van der Waals surface area (Å²) in [5.41, 5.74) is 1.96. The van der Waals surface area contributed by atoms with Crippen molar-refractivity contribution in [1.29, 1.82) is 0 Å². The summed E-state index contributed by atoms with van der Waals surface area (Å²) >= 11 is 1.60. The van der Waals surface area contributed by atoms with Crippen LogP contribution in [0.15, 0.2) is 77.7 Å². The molecule has 1 heterocycles. The standard InChI is InChI=1S/C27H30F2N2O2S/c1-33-25-4-2-3-5-26(25)34-19-24(32)18-30-14-16-31(17-15-30)27(20-6-10-22(28)11-7-20)21-8-12-23(29)13-9-21/h2-13,24,27,32H,14-19H2,1H3. The van der Waals surface area contributed by atoms with Crippen molar-refractivity contribution in [3.63, 3.8) is 0 Å². The van der Waals surface area contributed by atoms with Gasteiger partial charge < -0.3 is 9.84 Å². The highest BCUT2D eigenvalue weighted by Crippen LogP contribution is 2.31. The molecule has 0 radical (unpaired) electrons. The fourth-order valence-corrected chi connectivity index (χ4v) is 5.33. The van der Waals surface area contributed by atoms with E-state index in [0.29, 0.717) is 12.3 Å². The summed E-state index contributed by atoms with van der Waals surface area (Å²) in [4.78, 5) is 5.64. The van der Waals surface area contributed by atoms with Crippen LogP contribution in [0.5, 0.6) is 5.75 Å². The Bertz CT molecular complexity index is 996. The summed E-state index contributed by atoms with van der Waals surface area (Å²) < 4.78 is 32.5. The first kappa shape index (κ1) is 24.7. The first-order chi connectivity index (χ1) is 16.5. The number of hydrogen-bond donors (Lipinski definition) is 1. The summed E-state index contributed by atoms with van der Waals surface area (Å²) in [5, 5.41) is 10.6. The second-order valence-corrected chi connectivity index (χ2v) is 9.52. The molecule has 34 heavy (non-hydrogen) atoms. The van der Waals surface area contributed by atoms with E-state index in [9.17, 15) is 13.9 Å². The Morgan fingerprint density at radius 2 is 1.41 bits per heavy atom. The Balaban J connectivity index is 1.35. The third-order valence-electron chi connectivity index (χ3n) is 6.11. The van der Waals surface area contributed by atoms with Crippen LogP contribution in [0.3, 0.4) is 0 Å². The van der Waals surface area contributed by atoms with Crippen LogP contribution in [-0.4, -0.2) is 66.6 Å². The van der Waals surface area contributed by atoms with Gasteiger partial charge in [0.2, 0.25) is 0 Å². The normalized spacial score (nSPS) is 16.0. The van der Waals surface area contributed by atoms with E-state index in [1.54, 1.807) is 43.1 Å². The number of ether oxygens (including phenoxy) is 1. The minimum Gasteiger partial charge on any atom is -0.496 e. The predicted octanol–water partition coefficient (Wildman–Crippen LogP) is 4.83. The van der Waals surface area contributed by atoms with Crippen molar-refractivity contribution in [1.82, 2.24) is 9.80 Å². The van der Waals surface area contributed by atoms with Crippen molar-refractivity contribution in [2.45, 2.75) is 17.0 Å². The molecule has 1 aliphatic rings. The Hall–Kier alpha value is -2.45. The summed E-state index contributed by atoms with van der Waals surface area (Å²) in [6.07, 6.45) is -0.452. The summed E-state index contributed by atoms with van der Waals surface area (Å²) in [6, 6.07) is 20.8. The lowest BCUT2D eigenvalue weighted by molar-refractivity contribution is 0.0708. The minimum absolute atomic E-state index is 0.0747. The zero-order chi connectivity index (χ0) is 23.9. The van der Waals surface area contributed by atoms with Crippen molar-refractivity contribution >= 4 is 11.8 Å². The summed E-state index contributed by atoms with van der Waals surface area (Å²) in [6.45, 7) is 3.83. The van der Waals surface area contributed by atoms with Crippen molar-refractivity contribution in [3.05, 3.63) is 95.6 Å². The minimum atomic E-state index is -0.452. The van der Waals surface area contributed by atoms with E-state index in [1.165, 1.54) is 24.3 Å². The SMILES string of the molecule is COc1ccccc1SCC(O)CN1CCN(C(c2ccc(F)cc2)c2ccc(F)cc2)CC1. The number of halogens is 2. The van der Waals surface area contributed by atoms with Gasteiger partial charge in [0.05, 0.1) is 19.3 Å². The van der Waals surface area contributed by atoms with Gasteiger partial charge in [0.15, 0.2) is 0 Å². The second kappa shape index (κ2) is 11.8. The molecule has 0 aromatic heterocycles. The number of para-hydroxylation sites is 1. The number of thioether (sulfide) groups is 1. The number of rotatable bonds is 9. The average Bonchev–Trinajstić information content (AvgIpc) is 2.86. The van der Waals surface area contributed by atoms with E-state index in [2.05, 4.69) is 9.80 Å². The monoisotopic (exact) mass is 484 g/mol. The molecule has 1 N–H and O–H groups in total. The van der Waals surface area contributed by atoms with Crippen molar-refractivity contribution in [2.24, 2.45) is 0 Å². The van der Waals surface area contributed by atoms with Crippen LogP contribution < -0.4 is 4.74 Å². The van der Waals surface area contributed by atoms with E-state index in [4.69, 9.17) is 4.74 Å². The van der Waals surface area contributed by atoms with Crippen LogP contribution in [0.25, 0.3) is 0 Å². The number of methoxy groups -OCH3 is 1. The molecule has 0 bridgehead atoms. The molecule has 0 aliphatic carbocycles. The molecule has 0 amide bonds. The lowest BCUT2D eigenvalue weighted by Gasteiger charge is -2.40. The van der Waals surface area contributed by atoms with Gasteiger partial charge in [-0.05, 0) is 47.5 Å². The Kier molecular flexibility index (Phi) is 8.56. The van der Waals surface area contributed by atoms with Crippen LogP contribution in [0.1, 0.15) is 17.2 Å². The zero-order valence-electron chi connectivity index (χ0n) is 19.2. The van der Waals surface area contributed by atoms with Crippen molar-refractivity contribution in [3.8, 4) is 5.75 Å². The maximum Gasteiger partial charge on any atom is 0.132 e. The van der Waals surface area contributed by atoms with Crippen LogP contribution >= 0.6 is 11.8 Å². The van der Waals surface area contributed by atoms with E-state index < -0.39 is 6.10 Å². The molecule has 1 atom stereocenters. The van der Waals surface area contributed by atoms with E-state index >= 15 is 0 Å². The van der Waals surface area contributed by atoms with Crippen LogP contribution in [-0.2, 0) is 0 Å². The van der Waals surface area contributed by atoms with Gasteiger partial charge in [-0.1, -0.05) is 36.4 Å². The maximum atomic E-state index is 13.5. The fourth-order valence-electron chi connectivity index (χ4n) is 4.38. The number of β-amino-alcohol motifs (C(OH)–C–C–N with tert-alkyl or cyclic N) is 1. The molecular formula is C27H30F2N2O2S. The molecular weight excluding hydrogens is 454 g/mol. The first-order valence-corrected chi connectivity index (χ1v) is 12.4. The van der Waals surface area contributed by atoms with Crippen molar-refractivity contribution < 1.29 is 18.6 Å². The van der Waals surface area contributed by atoms with E-state index in [0.717, 1.165) is 48.0 Å². The average molecular weight is 485 g/mol. The molecule has 1 unspecified atom stereocenters. The third kappa shape index (κ3) is 6.36. The largest absolute Gasteiger partial charge is 0.496 e. The summed E-state index contributed by atoms with van der Waals surface area (Å²) in [7, 11) is 1.65. The quantitative estimate of drug-likeness (QED) is 0.440. The molecule has 1 aliphatic heterocycles. The number of aliphatic hydroxyl groups is 1. The lowest BCUT2D eigenvalue weighted by atomic mass is 9.96. The van der Waals surface area contributed by atoms with E-state index in [1.807, 2.05) is 24.3 Å². The highest BCUT2D eigenvalue weighted by Gasteiger charge is 2.27. The zero-order valence-corrected chi connectivity index (χ0v) is 20.1. The molecule has 1 fully saturated rings. The molecule has 0 spiro atoms. The molecule has 1 saturated heterocycles. The number of benzene rings is 3. The lowest BCUT2D eigenvalue weighted by Crippen LogP contribution is -2.50. The van der Waals surface area contributed by atoms with E-state index in [-0.39, 0.29) is 17.7 Å². The van der Waals surface area contributed by atoms with Crippen LogP contribution in [0, 0.1) is 11.6 Å². The molecule has 3 aromatic rings. The van der Waals surface area contributed by atoms with Gasteiger partial charge in [-0.2, -0.15) is 0 Å². The number of piperazine rings is 1. The molecule has 3 aromatic carbocycles. The van der Waals surface area contributed by atoms with Gasteiger partial charge in [0, 0.05) is 43.4 Å². The highest BCUT2D eigenvalue weighted by molar-refractivity contribution is 7.99. The molecule has 4 nitrogen and oxygen atoms in total. The van der Waals surface area contributed by atoms with Gasteiger partial charge in [0.1, 0.15) is 17.4 Å². The Morgan fingerprint density at radius 1 is 0.853 bits per heavy atom. The molecule has 4 rings (SSSR count). The molecule has 0 saturated carbocycles. The second-order valence-electron chi connectivity index (χ2n) is 8.46. The maximum absolute atomic E-state index is 13.5. The van der Waals surface area contributed by atoms with Crippen LogP contribution in [0.2, 0.25) is 0 Å². The van der Waals surface area contributed by atoms with Gasteiger partial charge in [-0.3, -0.25) is 9.80 Å². The van der Waals surface area contributed by atoms with Gasteiger partial charge in [-0.15, -0.1) is 11.8 Å². The fraction of sp³-hybridized carbons (Fsp3) is 0.333. The Labute approximate surface area is 204 Å².